The van der Waals surface area contributed by atoms with Crippen molar-refractivity contribution in [1.82, 2.24) is 0 Å². The number of carbonyl (C=O) groups is 1. The molecule has 122 valence electrons. The summed E-state index contributed by atoms with van der Waals surface area (Å²) >= 11 is 0. The van der Waals surface area contributed by atoms with Gasteiger partial charge in [0.2, 0.25) is 5.91 Å². The fourth-order valence-electron chi connectivity index (χ4n) is 2.57. The van der Waals surface area contributed by atoms with Crippen LogP contribution in [0.25, 0.3) is 0 Å². The van der Waals surface area contributed by atoms with Gasteiger partial charge in [-0.3, -0.25) is 4.79 Å². The molecule has 0 aliphatic heterocycles. The molecule has 4 heteroatoms. The highest BCUT2D eigenvalue weighted by molar-refractivity contribution is 5.96. The lowest BCUT2D eigenvalue weighted by molar-refractivity contribution is -0.118. The summed E-state index contributed by atoms with van der Waals surface area (Å²) in [4.78, 5) is 12.7. The highest BCUT2D eigenvalue weighted by atomic mass is 16.5. The molecule has 4 nitrogen and oxygen atoms in total. The molecule has 0 saturated heterocycles. The van der Waals surface area contributed by atoms with Gasteiger partial charge in [0.25, 0.3) is 0 Å². The van der Waals surface area contributed by atoms with Crippen molar-refractivity contribution in [3.8, 4) is 11.5 Å². The van der Waals surface area contributed by atoms with Crippen molar-refractivity contribution in [2.75, 3.05) is 19.5 Å². The Morgan fingerprint density at radius 3 is 2.17 bits per heavy atom. The van der Waals surface area contributed by atoms with Gasteiger partial charge in [0, 0.05) is 11.8 Å². The van der Waals surface area contributed by atoms with Gasteiger partial charge < -0.3 is 14.8 Å². The summed E-state index contributed by atoms with van der Waals surface area (Å²) in [6.45, 7) is 4.08. The number of ether oxygens (including phenoxy) is 2. The van der Waals surface area contributed by atoms with Crippen molar-refractivity contribution in [2.24, 2.45) is 5.92 Å². The van der Waals surface area contributed by atoms with E-state index < -0.39 is 0 Å². The summed E-state index contributed by atoms with van der Waals surface area (Å²) in [6, 6.07) is 15.0. The fraction of sp³-hybridized carbons (Fsp3) is 0.316. The smallest absolute Gasteiger partial charge is 0.232 e. The number of anilines is 1. The van der Waals surface area contributed by atoms with E-state index in [1.807, 2.05) is 62.4 Å². The molecule has 0 heterocycles. The predicted octanol–water partition coefficient (Wildman–Crippen LogP) is 4.08. The third kappa shape index (κ3) is 4.25. The maximum absolute atomic E-state index is 12.7. The van der Waals surface area contributed by atoms with Gasteiger partial charge in [-0.2, -0.15) is 0 Å². The van der Waals surface area contributed by atoms with Crippen molar-refractivity contribution in [1.29, 1.82) is 0 Å². The molecule has 0 aromatic heterocycles. The molecule has 2 aromatic carbocycles. The number of hydrogen-bond acceptors (Lipinski definition) is 3. The van der Waals surface area contributed by atoms with E-state index in [9.17, 15) is 4.79 Å². The molecule has 0 radical (unpaired) electrons. The molecule has 0 aliphatic carbocycles. The Kier molecular flexibility index (Phi) is 5.63. The highest BCUT2D eigenvalue weighted by Gasteiger charge is 2.24. The Labute approximate surface area is 137 Å². The number of nitrogens with one attached hydrogen (secondary N) is 1. The first-order valence-electron chi connectivity index (χ1n) is 7.64. The molecule has 0 saturated carbocycles. The lowest BCUT2D eigenvalue weighted by Gasteiger charge is -2.21. The second kappa shape index (κ2) is 7.68. The Hall–Kier alpha value is -2.49. The number of amides is 1. The zero-order chi connectivity index (χ0) is 16.8. The molecule has 0 bridgehead atoms. The number of carbonyl (C=O) groups excluding carboxylic acids is 1. The minimum atomic E-state index is -0.230. The molecule has 2 aromatic rings. The molecule has 1 unspecified atom stereocenters. The lowest BCUT2D eigenvalue weighted by Crippen LogP contribution is -2.25. The van der Waals surface area contributed by atoms with Crippen LogP contribution < -0.4 is 14.8 Å². The van der Waals surface area contributed by atoms with E-state index in [-0.39, 0.29) is 17.7 Å². The first-order valence-corrected chi connectivity index (χ1v) is 7.64. The maximum atomic E-state index is 12.7. The van der Waals surface area contributed by atoms with Gasteiger partial charge in [0.15, 0.2) is 0 Å². The molecule has 23 heavy (non-hydrogen) atoms. The number of rotatable bonds is 6. The summed E-state index contributed by atoms with van der Waals surface area (Å²) in [5.41, 5.74) is 1.70. The Bertz CT molecular complexity index is 650. The van der Waals surface area contributed by atoms with Crippen molar-refractivity contribution >= 4 is 11.6 Å². The largest absolute Gasteiger partial charge is 0.497 e. The monoisotopic (exact) mass is 313 g/mol. The second-order valence-electron chi connectivity index (χ2n) is 5.72. The summed E-state index contributed by atoms with van der Waals surface area (Å²) in [5, 5.41) is 2.97. The van der Waals surface area contributed by atoms with E-state index >= 15 is 0 Å². The van der Waals surface area contributed by atoms with E-state index in [2.05, 4.69) is 5.32 Å². The molecule has 1 atom stereocenters. The Balaban J connectivity index is 2.20. The summed E-state index contributed by atoms with van der Waals surface area (Å²) in [6.07, 6.45) is 0. The first-order chi connectivity index (χ1) is 11.0. The van der Waals surface area contributed by atoms with E-state index in [0.717, 1.165) is 17.0 Å². The standard InChI is InChI=1S/C19H23NO3/c1-13(2)18(14-8-10-16(22-3)11-9-14)19(21)20-15-6-5-7-17(12-15)23-4/h5-13,18H,1-4H3,(H,20,21). The minimum Gasteiger partial charge on any atom is -0.497 e. The van der Waals surface area contributed by atoms with Gasteiger partial charge in [-0.1, -0.05) is 32.0 Å². The van der Waals surface area contributed by atoms with Crippen molar-refractivity contribution in [3.05, 3.63) is 54.1 Å². The number of methoxy groups -OCH3 is 2. The molecule has 1 amide bonds. The van der Waals surface area contributed by atoms with Gasteiger partial charge in [-0.05, 0) is 35.7 Å². The van der Waals surface area contributed by atoms with Crippen molar-refractivity contribution < 1.29 is 14.3 Å². The number of benzene rings is 2. The van der Waals surface area contributed by atoms with Crippen LogP contribution >= 0.6 is 0 Å². The van der Waals surface area contributed by atoms with Gasteiger partial charge >= 0.3 is 0 Å². The quantitative estimate of drug-likeness (QED) is 0.874. The normalized spacial score (nSPS) is 11.9. The van der Waals surface area contributed by atoms with Crippen LogP contribution in [0.4, 0.5) is 5.69 Å². The van der Waals surface area contributed by atoms with Crippen LogP contribution in [0, 0.1) is 5.92 Å². The summed E-state index contributed by atoms with van der Waals surface area (Å²) < 4.78 is 10.4. The molecule has 2 rings (SSSR count). The van der Waals surface area contributed by atoms with Crippen LogP contribution in [-0.2, 0) is 4.79 Å². The van der Waals surface area contributed by atoms with E-state index in [1.165, 1.54) is 0 Å². The van der Waals surface area contributed by atoms with Crippen LogP contribution in [0.15, 0.2) is 48.5 Å². The van der Waals surface area contributed by atoms with Crippen LogP contribution in [0.2, 0.25) is 0 Å². The Morgan fingerprint density at radius 2 is 1.61 bits per heavy atom. The van der Waals surface area contributed by atoms with Crippen LogP contribution in [0.1, 0.15) is 25.3 Å². The second-order valence-corrected chi connectivity index (χ2v) is 5.72. The van der Waals surface area contributed by atoms with Gasteiger partial charge in [0.05, 0.1) is 20.1 Å². The molecule has 1 N–H and O–H groups in total. The molecular weight excluding hydrogens is 290 g/mol. The zero-order valence-corrected chi connectivity index (χ0v) is 14.0. The van der Waals surface area contributed by atoms with E-state index in [4.69, 9.17) is 9.47 Å². The first kappa shape index (κ1) is 16.9. The van der Waals surface area contributed by atoms with Crippen LogP contribution in [0.5, 0.6) is 11.5 Å². The lowest BCUT2D eigenvalue weighted by atomic mass is 9.87. The van der Waals surface area contributed by atoms with E-state index in [1.54, 1.807) is 14.2 Å². The topological polar surface area (TPSA) is 47.6 Å². The van der Waals surface area contributed by atoms with Gasteiger partial charge in [-0.25, -0.2) is 0 Å². The SMILES string of the molecule is COc1ccc(C(C(=O)Nc2cccc(OC)c2)C(C)C)cc1. The highest BCUT2D eigenvalue weighted by Crippen LogP contribution is 2.28. The molecule has 0 spiro atoms. The fourth-order valence-corrected chi connectivity index (χ4v) is 2.57. The zero-order valence-electron chi connectivity index (χ0n) is 14.0. The predicted molar refractivity (Wildman–Crippen MR) is 92.2 cm³/mol. The third-order valence-corrected chi connectivity index (χ3v) is 3.76. The number of hydrogen-bond donors (Lipinski definition) is 1. The summed E-state index contributed by atoms with van der Waals surface area (Å²) in [7, 11) is 3.24. The van der Waals surface area contributed by atoms with Gasteiger partial charge in [0.1, 0.15) is 11.5 Å². The molecular formula is C19H23NO3. The van der Waals surface area contributed by atoms with Crippen LogP contribution in [-0.4, -0.2) is 20.1 Å². The summed E-state index contributed by atoms with van der Waals surface area (Å²) in [5.74, 6) is 1.41. The molecule has 0 fully saturated rings. The van der Waals surface area contributed by atoms with Crippen molar-refractivity contribution in [3.63, 3.8) is 0 Å². The van der Waals surface area contributed by atoms with Gasteiger partial charge in [-0.15, -0.1) is 0 Å². The Morgan fingerprint density at radius 1 is 0.957 bits per heavy atom. The van der Waals surface area contributed by atoms with E-state index in [0.29, 0.717) is 5.75 Å². The molecule has 0 aliphatic rings. The average molecular weight is 313 g/mol. The minimum absolute atomic E-state index is 0.0292. The van der Waals surface area contributed by atoms with Crippen molar-refractivity contribution in [2.45, 2.75) is 19.8 Å². The average Bonchev–Trinajstić information content (AvgIpc) is 2.55. The third-order valence-electron chi connectivity index (χ3n) is 3.76. The maximum Gasteiger partial charge on any atom is 0.232 e. The van der Waals surface area contributed by atoms with Crippen LogP contribution in [0.3, 0.4) is 0 Å².